The van der Waals surface area contributed by atoms with E-state index in [1.54, 1.807) is 21.9 Å². The molecule has 0 aromatic heterocycles. The minimum Gasteiger partial charge on any atom is -0.341 e. The van der Waals surface area contributed by atoms with Crippen LogP contribution in [0.5, 0.6) is 0 Å². The number of carbonyl (C=O) groups is 3. The Bertz CT molecular complexity index is 852. The van der Waals surface area contributed by atoms with Crippen LogP contribution in [0.1, 0.15) is 50.4 Å². The molecule has 2 saturated heterocycles. The molecule has 3 amide bonds. The second-order valence-electron chi connectivity index (χ2n) is 9.05. The van der Waals surface area contributed by atoms with Crippen molar-refractivity contribution in [3.05, 3.63) is 29.8 Å². The van der Waals surface area contributed by atoms with E-state index in [0.29, 0.717) is 37.2 Å². The van der Waals surface area contributed by atoms with Gasteiger partial charge in [0.05, 0.1) is 11.3 Å². The van der Waals surface area contributed by atoms with Gasteiger partial charge in [-0.3, -0.25) is 19.3 Å². The fraction of sp³-hybridized carbons (Fsp3) is 0.571. The van der Waals surface area contributed by atoms with E-state index in [4.69, 9.17) is 5.73 Å². The second kappa shape index (κ2) is 6.30. The average Bonchev–Trinajstić information content (AvgIpc) is 2.96. The normalized spacial score (nSPS) is 29.0. The lowest BCUT2D eigenvalue weighted by atomic mass is 9.79. The van der Waals surface area contributed by atoms with Gasteiger partial charge >= 0.3 is 0 Å². The Morgan fingerprint density at radius 3 is 2.64 bits per heavy atom. The summed E-state index contributed by atoms with van der Waals surface area (Å²) in [6.45, 7) is 7.16. The summed E-state index contributed by atoms with van der Waals surface area (Å²) in [5.41, 5.74) is 6.35. The summed E-state index contributed by atoms with van der Waals surface area (Å²) < 4.78 is 0. The van der Waals surface area contributed by atoms with Gasteiger partial charge in [0.25, 0.3) is 5.91 Å². The quantitative estimate of drug-likeness (QED) is 0.839. The van der Waals surface area contributed by atoms with Crippen molar-refractivity contribution in [2.75, 3.05) is 24.5 Å². The fourth-order valence-corrected chi connectivity index (χ4v) is 4.76. The van der Waals surface area contributed by atoms with Crippen molar-refractivity contribution in [3.63, 3.8) is 0 Å². The number of para-hydroxylation sites is 1. The van der Waals surface area contributed by atoms with Gasteiger partial charge in [-0.15, -0.1) is 0 Å². The number of nitrogens with two attached hydrogens (primary N) is 1. The van der Waals surface area contributed by atoms with Crippen LogP contribution >= 0.6 is 0 Å². The van der Waals surface area contributed by atoms with Crippen molar-refractivity contribution in [2.24, 2.45) is 11.1 Å². The molecule has 2 atom stereocenters. The van der Waals surface area contributed by atoms with Crippen LogP contribution in [-0.4, -0.2) is 58.9 Å². The van der Waals surface area contributed by atoms with Gasteiger partial charge in [-0.05, 0) is 37.3 Å². The maximum atomic E-state index is 13.3. The molecule has 4 rings (SSSR count). The van der Waals surface area contributed by atoms with Crippen LogP contribution in [0.15, 0.2) is 24.3 Å². The van der Waals surface area contributed by atoms with Gasteiger partial charge in [-0.25, -0.2) is 0 Å². The summed E-state index contributed by atoms with van der Waals surface area (Å²) in [6, 6.07) is 7.21. The molecule has 2 unspecified atom stereocenters. The highest BCUT2D eigenvalue weighted by Crippen LogP contribution is 2.44. The van der Waals surface area contributed by atoms with Gasteiger partial charge in [0.2, 0.25) is 11.8 Å². The van der Waals surface area contributed by atoms with E-state index < -0.39 is 5.66 Å². The molecule has 28 heavy (non-hydrogen) atoms. The molecule has 0 saturated carbocycles. The molecule has 2 fully saturated rings. The van der Waals surface area contributed by atoms with Crippen LogP contribution in [0.3, 0.4) is 0 Å². The Morgan fingerprint density at radius 2 is 1.93 bits per heavy atom. The zero-order chi connectivity index (χ0) is 20.3. The molecule has 150 valence electrons. The van der Waals surface area contributed by atoms with E-state index >= 15 is 0 Å². The van der Waals surface area contributed by atoms with Crippen LogP contribution in [0, 0.1) is 5.41 Å². The molecule has 3 heterocycles. The first-order valence-electron chi connectivity index (χ1n) is 9.92. The van der Waals surface area contributed by atoms with Gasteiger partial charge in [-0.2, -0.15) is 0 Å². The highest BCUT2D eigenvalue weighted by molar-refractivity contribution is 6.11. The number of amides is 3. The number of piperidine rings is 1. The molecule has 3 aliphatic heterocycles. The monoisotopic (exact) mass is 384 g/mol. The van der Waals surface area contributed by atoms with Crippen molar-refractivity contribution in [3.8, 4) is 0 Å². The molecule has 7 heteroatoms. The zero-order valence-electron chi connectivity index (χ0n) is 16.8. The highest BCUT2D eigenvalue weighted by atomic mass is 16.2. The lowest BCUT2D eigenvalue weighted by molar-refractivity contribution is -0.136. The van der Waals surface area contributed by atoms with E-state index in [1.807, 2.05) is 24.0 Å². The topological polar surface area (TPSA) is 87.0 Å². The molecule has 3 aliphatic rings. The summed E-state index contributed by atoms with van der Waals surface area (Å²) in [4.78, 5) is 44.1. The van der Waals surface area contributed by atoms with Gasteiger partial charge in [0.15, 0.2) is 0 Å². The molecular weight excluding hydrogens is 356 g/mol. The van der Waals surface area contributed by atoms with E-state index in [1.165, 1.54) is 0 Å². The molecule has 7 nitrogen and oxygen atoms in total. The number of hydrogen-bond acceptors (Lipinski definition) is 4. The molecule has 1 aromatic rings. The highest BCUT2D eigenvalue weighted by Gasteiger charge is 2.53. The Balaban J connectivity index is 1.63. The van der Waals surface area contributed by atoms with Crippen molar-refractivity contribution in [1.29, 1.82) is 0 Å². The van der Waals surface area contributed by atoms with Crippen LogP contribution in [0.4, 0.5) is 5.69 Å². The zero-order valence-corrected chi connectivity index (χ0v) is 16.8. The number of hydrogen-bond donors (Lipinski definition) is 1. The predicted molar refractivity (Wildman–Crippen MR) is 106 cm³/mol. The maximum Gasteiger partial charge on any atom is 0.258 e. The van der Waals surface area contributed by atoms with Gasteiger partial charge in [-0.1, -0.05) is 26.0 Å². The van der Waals surface area contributed by atoms with E-state index in [-0.39, 0.29) is 35.7 Å². The van der Waals surface area contributed by atoms with Gasteiger partial charge in [0.1, 0.15) is 12.2 Å². The smallest absolute Gasteiger partial charge is 0.258 e. The van der Waals surface area contributed by atoms with E-state index in [0.717, 1.165) is 6.42 Å². The number of likely N-dealkylation sites (tertiary alicyclic amines) is 1. The lowest BCUT2D eigenvalue weighted by Gasteiger charge is -2.49. The second-order valence-corrected chi connectivity index (χ2v) is 9.05. The number of rotatable bonds is 2. The third-order valence-corrected chi connectivity index (χ3v) is 6.70. The number of benzene rings is 1. The Kier molecular flexibility index (Phi) is 4.26. The lowest BCUT2D eigenvalue weighted by Crippen LogP contribution is -2.64. The number of fused-ring (bicyclic) bond motifs is 3. The molecule has 1 aromatic carbocycles. The molecule has 0 bridgehead atoms. The standard InChI is InChI=1S/C21H28N4O3/c1-20(2)13-23(11-9-16(20)22)18(27)12-24-19(28)14-6-4-5-7-15(14)25-17(26)8-10-21(24,25)3/h4-7,16H,8-13,22H2,1-3H3. The minimum absolute atomic E-state index is 0.00928. The molecule has 0 aliphatic carbocycles. The van der Waals surface area contributed by atoms with Gasteiger partial charge in [0, 0.05) is 25.6 Å². The van der Waals surface area contributed by atoms with Crippen molar-refractivity contribution < 1.29 is 14.4 Å². The Hall–Kier alpha value is -2.41. The number of anilines is 1. The van der Waals surface area contributed by atoms with Crippen LogP contribution in [0.2, 0.25) is 0 Å². The first-order valence-corrected chi connectivity index (χ1v) is 9.92. The summed E-state index contributed by atoms with van der Waals surface area (Å²) in [5.74, 6) is -0.288. The third kappa shape index (κ3) is 2.71. The SMILES string of the molecule is CC1(C)CN(C(=O)CN2C(=O)c3ccccc3N3C(=O)CCC23C)CCC1N. The van der Waals surface area contributed by atoms with E-state index in [2.05, 4.69) is 13.8 Å². The summed E-state index contributed by atoms with van der Waals surface area (Å²) >= 11 is 0. The predicted octanol–water partition coefficient (Wildman–Crippen LogP) is 1.57. The third-order valence-electron chi connectivity index (χ3n) is 6.70. The summed E-state index contributed by atoms with van der Waals surface area (Å²) in [5, 5.41) is 0. The number of carbonyl (C=O) groups excluding carboxylic acids is 3. The van der Waals surface area contributed by atoms with Gasteiger partial charge < -0.3 is 15.5 Å². The molecule has 0 radical (unpaired) electrons. The van der Waals surface area contributed by atoms with Crippen molar-refractivity contribution >= 4 is 23.4 Å². The van der Waals surface area contributed by atoms with Crippen molar-refractivity contribution in [1.82, 2.24) is 9.80 Å². The first kappa shape index (κ1) is 18.9. The van der Waals surface area contributed by atoms with Crippen LogP contribution in [0.25, 0.3) is 0 Å². The van der Waals surface area contributed by atoms with Crippen molar-refractivity contribution in [2.45, 2.75) is 51.7 Å². The molecule has 2 N–H and O–H groups in total. The number of nitrogens with zero attached hydrogens (tertiary/aromatic N) is 3. The van der Waals surface area contributed by atoms with Crippen LogP contribution < -0.4 is 10.6 Å². The summed E-state index contributed by atoms with van der Waals surface area (Å²) in [7, 11) is 0. The van der Waals surface area contributed by atoms with Crippen LogP contribution in [-0.2, 0) is 9.59 Å². The minimum atomic E-state index is -0.806. The maximum absolute atomic E-state index is 13.3. The average molecular weight is 384 g/mol. The first-order chi connectivity index (χ1) is 13.1. The summed E-state index contributed by atoms with van der Waals surface area (Å²) in [6.07, 6.45) is 1.64. The Labute approximate surface area is 165 Å². The largest absolute Gasteiger partial charge is 0.341 e. The molecule has 0 spiro atoms. The fourth-order valence-electron chi connectivity index (χ4n) is 4.76. The molecular formula is C21H28N4O3. The van der Waals surface area contributed by atoms with E-state index in [9.17, 15) is 14.4 Å². The Morgan fingerprint density at radius 1 is 1.21 bits per heavy atom.